The first-order valence-corrected chi connectivity index (χ1v) is 8.62. The molecule has 0 atom stereocenters. The average Bonchev–Trinajstić information content (AvgIpc) is 3.09. The molecule has 0 saturated heterocycles. The van der Waals surface area contributed by atoms with Crippen LogP contribution in [-0.4, -0.2) is 32.1 Å². The molecule has 6 heteroatoms. The van der Waals surface area contributed by atoms with Crippen LogP contribution in [0.1, 0.15) is 27.6 Å². The maximum atomic E-state index is 12.7. The SMILES string of the molecule is O=C(c1cccc(Cl)c1)N1CCn2c(C#Cc3ccccc3)nnc2C1. The highest BCUT2D eigenvalue weighted by Gasteiger charge is 2.24. The Hall–Kier alpha value is -3.10. The van der Waals surface area contributed by atoms with Crippen molar-refractivity contribution in [3.8, 4) is 11.8 Å². The van der Waals surface area contributed by atoms with Gasteiger partial charge >= 0.3 is 0 Å². The molecule has 26 heavy (non-hydrogen) atoms. The molecule has 0 bridgehead atoms. The van der Waals surface area contributed by atoms with Gasteiger partial charge < -0.3 is 9.47 Å². The third-order valence-corrected chi connectivity index (χ3v) is 4.44. The summed E-state index contributed by atoms with van der Waals surface area (Å²) < 4.78 is 1.97. The van der Waals surface area contributed by atoms with Crippen LogP contribution in [0.25, 0.3) is 0 Å². The average molecular weight is 363 g/mol. The van der Waals surface area contributed by atoms with Crippen LogP contribution in [0.15, 0.2) is 54.6 Å². The molecule has 0 radical (unpaired) electrons. The molecule has 1 aliphatic rings. The lowest BCUT2D eigenvalue weighted by Crippen LogP contribution is -2.38. The van der Waals surface area contributed by atoms with Gasteiger partial charge in [-0.25, -0.2) is 0 Å². The lowest BCUT2D eigenvalue weighted by molar-refractivity contribution is 0.0707. The van der Waals surface area contributed by atoms with E-state index in [2.05, 4.69) is 22.0 Å². The summed E-state index contributed by atoms with van der Waals surface area (Å²) in [5, 5.41) is 8.93. The predicted molar refractivity (Wildman–Crippen MR) is 98.6 cm³/mol. The Morgan fingerprint density at radius 3 is 2.65 bits per heavy atom. The fraction of sp³-hybridized carbons (Fsp3) is 0.150. The molecule has 0 saturated carbocycles. The van der Waals surface area contributed by atoms with Crippen molar-refractivity contribution < 1.29 is 4.79 Å². The second-order valence-electron chi connectivity index (χ2n) is 5.94. The number of amides is 1. The maximum Gasteiger partial charge on any atom is 0.254 e. The zero-order chi connectivity index (χ0) is 17.9. The van der Waals surface area contributed by atoms with Crippen molar-refractivity contribution >= 4 is 17.5 Å². The van der Waals surface area contributed by atoms with Crippen molar-refractivity contribution in [2.24, 2.45) is 0 Å². The first kappa shape index (κ1) is 16.4. The van der Waals surface area contributed by atoms with Crippen molar-refractivity contribution in [2.45, 2.75) is 13.1 Å². The fourth-order valence-corrected chi connectivity index (χ4v) is 3.07. The van der Waals surface area contributed by atoms with Crippen LogP contribution < -0.4 is 0 Å². The number of benzene rings is 2. The number of aromatic nitrogens is 3. The van der Waals surface area contributed by atoms with Crippen molar-refractivity contribution in [3.05, 3.63) is 82.4 Å². The Morgan fingerprint density at radius 1 is 1.00 bits per heavy atom. The number of rotatable bonds is 1. The Labute approximate surface area is 156 Å². The largest absolute Gasteiger partial charge is 0.329 e. The van der Waals surface area contributed by atoms with Gasteiger partial charge in [0.1, 0.15) is 0 Å². The number of carbonyl (C=O) groups is 1. The molecule has 0 fully saturated rings. The molecular weight excluding hydrogens is 348 g/mol. The van der Waals surface area contributed by atoms with Crippen molar-refractivity contribution in [2.75, 3.05) is 6.54 Å². The van der Waals surface area contributed by atoms with E-state index in [0.29, 0.717) is 36.0 Å². The topological polar surface area (TPSA) is 51.0 Å². The van der Waals surface area contributed by atoms with E-state index in [1.165, 1.54) is 0 Å². The predicted octanol–water partition coefficient (Wildman–Crippen LogP) is 2.99. The number of hydrogen-bond donors (Lipinski definition) is 0. The normalized spacial score (nSPS) is 12.9. The Morgan fingerprint density at radius 2 is 1.85 bits per heavy atom. The first-order valence-electron chi connectivity index (χ1n) is 8.25. The highest BCUT2D eigenvalue weighted by molar-refractivity contribution is 6.30. The third-order valence-electron chi connectivity index (χ3n) is 4.20. The summed E-state index contributed by atoms with van der Waals surface area (Å²) in [5.41, 5.74) is 1.51. The third kappa shape index (κ3) is 3.32. The van der Waals surface area contributed by atoms with Gasteiger partial charge in [-0.05, 0) is 36.3 Å². The Kier molecular flexibility index (Phi) is 4.42. The molecule has 4 rings (SSSR count). The maximum absolute atomic E-state index is 12.7. The molecule has 128 valence electrons. The van der Waals surface area contributed by atoms with Gasteiger partial charge in [-0.15, -0.1) is 10.2 Å². The highest BCUT2D eigenvalue weighted by atomic mass is 35.5. The van der Waals surface area contributed by atoms with Crippen molar-refractivity contribution in [1.82, 2.24) is 19.7 Å². The molecule has 0 unspecified atom stereocenters. The minimum absolute atomic E-state index is 0.0568. The van der Waals surface area contributed by atoms with E-state index >= 15 is 0 Å². The molecule has 3 aromatic rings. The minimum atomic E-state index is -0.0568. The summed E-state index contributed by atoms with van der Waals surface area (Å²) in [5.74, 6) is 7.47. The van der Waals surface area contributed by atoms with E-state index in [1.54, 1.807) is 29.2 Å². The summed E-state index contributed by atoms with van der Waals surface area (Å²) in [7, 11) is 0. The number of nitrogens with zero attached hydrogens (tertiary/aromatic N) is 4. The monoisotopic (exact) mass is 362 g/mol. The fourth-order valence-electron chi connectivity index (χ4n) is 2.88. The van der Waals surface area contributed by atoms with Gasteiger partial charge in [0.2, 0.25) is 5.82 Å². The second-order valence-corrected chi connectivity index (χ2v) is 6.38. The summed E-state index contributed by atoms with van der Waals surface area (Å²) >= 11 is 5.99. The van der Waals surface area contributed by atoms with Gasteiger partial charge in [-0.2, -0.15) is 0 Å². The summed E-state index contributed by atoms with van der Waals surface area (Å²) in [6.07, 6.45) is 0. The zero-order valence-electron chi connectivity index (χ0n) is 13.9. The van der Waals surface area contributed by atoms with Gasteiger partial charge in [0, 0.05) is 29.2 Å². The summed E-state index contributed by atoms with van der Waals surface area (Å²) in [6.45, 7) is 1.61. The van der Waals surface area contributed by atoms with Gasteiger partial charge in [0.15, 0.2) is 5.82 Å². The molecule has 1 amide bonds. The Balaban J connectivity index is 1.53. The molecule has 1 aromatic heterocycles. The van der Waals surface area contributed by atoms with Gasteiger partial charge in [-0.3, -0.25) is 4.79 Å². The Bertz CT molecular complexity index is 1020. The van der Waals surface area contributed by atoms with Crippen LogP contribution in [0, 0.1) is 11.8 Å². The van der Waals surface area contributed by atoms with E-state index in [1.807, 2.05) is 34.9 Å². The van der Waals surface area contributed by atoms with Crippen molar-refractivity contribution in [3.63, 3.8) is 0 Å². The number of halogens is 1. The smallest absolute Gasteiger partial charge is 0.254 e. The van der Waals surface area contributed by atoms with E-state index < -0.39 is 0 Å². The van der Waals surface area contributed by atoms with Gasteiger partial charge in [0.25, 0.3) is 5.91 Å². The number of hydrogen-bond acceptors (Lipinski definition) is 3. The molecule has 2 heterocycles. The number of fused-ring (bicyclic) bond motifs is 1. The minimum Gasteiger partial charge on any atom is -0.329 e. The van der Waals surface area contributed by atoms with Crippen molar-refractivity contribution in [1.29, 1.82) is 0 Å². The first-order chi connectivity index (χ1) is 12.7. The summed E-state index contributed by atoms with van der Waals surface area (Å²) in [4.78, 5) is 14.4. The molecule has 0 aliphatic carbocycles. The van der Waals surface area contributed by atoms with Crippen LogP contribution >= 0.6 is 11.6 Å². The van der Waals surface area contributed by atoms with E-state index in [9.17, 15) is 4.79 Å². The molecule has 2 aromatic carbocycles. The van der Waals surface area contributed by atoms with Crippen LogP contribution in [0.3, 0.4) is 0 Å². The second kappa shape index (κ2) is 7.03. The summed E-state index contributed by atoms with van der Waals surface area (Å²) in [6, 6.07) is 16.7. The standard InChI is InChI=1S/C20H15ClN4O/c21-17-8-4-7-16(13-17)20(26)24-11-12-25-18(22-23-19(25)14-24)10-9-15-5-2-1-3-6-15/h1-8,13H,11-12,14H2. The highest BCUT2D eigenvalue weighted by Crippen LogP contribution is 2.17. The number of carbonyl (C=O) groups excluding carboxylic acids is 1. The molecule has 5 nitrogen and oxygen atoms in total. The quantitative estimate of drug-likeness (QED) is 0.625. The van der Waals surface area contributed by atoms with Crippen LogP contribution in [-0.2, 0) is 13.1 Å². The zero-order valence-corrected chi connectivity index (χ0v) is 14.6. The molecule has 0 spiro atoms. The van der Waals surface area contributed by atoms with Crippen LogP contribution in [0.5, 0.6) is 0 Å². The molecule has 1 aliphatic heterocycles. The van der Waals surface area contributed by atoms with E-state index in [4.69, 9.17) is 11.6 Å². The van der Waals surface area contributed by atoms with Gasteiger partial charge in [-0.1, -0.05) is 41.8 Å². The molecular formula is C20H15ClN4O. The molecule has 0 N–H and O–H groups in total. The lowest BCUT2D eigenvalue weighted by atomic mass is 10.2. The van der Waals surface area contributed by atoms with E-state index in [-0.39, 0.29) is 5.91 Å². The van der Waals surface area contributed by atoms with Crippen LogP contribution in [0.2, 0.25) is 5.02 Å². The van der Waals surface area contributed by atoms with E-state index in [0.717, 1.165) is 11.4 Å². The van der Waals surface area contributed by atoms with Gasteiger partial charge in [0.05, 0.1) is 6.54 Å². The lowest BCUT2D eigenvalue weighted by Gasteiger charge is -2.27. The van der Waals surface area contributed by atoms with Crippen LogP contribution in [0.4, 0.5) is 0 Å².